The van der Waals surface area contributed by atoms with Gasteiger partial charge in [-0.3, -0.25) is 4.90 Å². The van der Waals surface area contributed by atoms with Gasteiger partial charge in [0.15, 0.2) is 0 Å². The molecule has 0 aromatic carbocycles. The number of aryl methyl sites for hydroxylation is 1. The van der Waals surface area contributed by atoms with Crippen LogP contribution in [0.3, 0.4) is 0 Å². The molecule has 0 radical (unpaired) electrons. The molecule has 0 aliphatic rings. The van der Waals surface area contributed by atoms with E-state index in [1.54, 1.807) is 0 Å². The van der Waals surface area contributed by atoms with Crippen molar-refractivity contribution in [3.05, 3.63) is 23.7 Å². The Balaban J connectivity index is 2.45. The van der Waals surface area contributed by atoms with E-state index in [-0.39, 0.29) is 5.60 Å². The molecule has 0 aliphatic heterocycles. The quantitative estimate of drug-likeness (QED) is 0.796. The minimum Gasteiger partial charge on any atom is -0.465 e. The predicted octanol–water partition coefficient (Wildman–Crippen LogP) is 2.98. The van der Waals surface area contributed by atoms with E-state index in [0.717, 1.165) is 31.0 Å². The summed E-state index contributed by atoms with van der Waals surface area (Å²) in [4.78, 5) is 2.20. The Morgan fingerprint density at radius 2 is 2.05 bits per heavy atom. The molecule has 1 N–H and O–H groups in total. The van der Waals surface area contributed by atoms with Gasteiger partial charge in [-0.1, -0.05) is 6.92 Å². The van der Waals surface area contributed by atoms with Crippen molar-refractivity contribution in [2.75, 3.05) is 19.7 Å². The number of rotatable bonds is 8. The highest BCUT2D eigenvalue weighted by Gasteiger charge is 2.17. The van der Waals surface area contributed by atoms with E-state index >= 15 is 0 Å². The van der Waals surface area contributed by atoms with Crippen molar-refractivity contribution >= 4 is 0 Å². The molecule has 0 aliphatic carbocycles. The molecule has 1 heterocycles. The molecule has 1 aromatic heterocycles. The minimum atomic E-state index is -0.475. The number of ether oxygens (including phenoxy) is 1. The largest absolute Gasteiger partial charge is 0.465 e. The molecule has 0 saturated carbocycles. The van der Waals surface area contributed by atoms with Crippen LogP contribution >= 0.6 is 0 Å². The molecule has 116 valence electrons. The first-order valence-electron chi connectivity index (χ1n) is 7.40. The molecule has 0 bridgehead atoms. The Morgan fingerprint density at radius 1 is 1.35 bits per heavy atom. The summed E-state index contributed by atoms with van der Waals surface area (Å²) < 4.78 is 11.2. The van der Waals surface area contributed by atoms with Crippen molar-refractivity contribution in [1.82, 2.24) is 4.90 Å². The molecule has 4 heteroatoms. The number of nitrogens with zero attached hydrogens (tertiary/aromatic N) is 1. The molecule has 1 unspecified atom stereocenters. The molecule has 0 spiro atoms. The topological polar surface area (TPSA) is 45.8 Å². The van der Waals surface area contributed by atoms with Gasteiger partial charge >= 0.3 is 0 Å². The van der Waals surface area contributed by atoms with Crippen LogP contribution in [0.2, 0.25) is 0 Å². The van der Waals surface area contributed by atoms with E-state index < -0.39 is 6.10 Å². The molecule has 1 rings (SSSR count). The summed E-state index contributed by atoms with van der Waals surface area (Å²) in [5.41, 5.74) is -0.214. The van der Waals surface area contributed by atoms with Crippen molar-refractivity contribution in [2.45, 2.75) is 59.3 Å². The highest BCUT2D eigenvalue weighted by atomic mass is 16.5. The van der Waals surface area contributed by atoms with Crippen molar-refractivity contribution < 1.29 is 14.3 Å². The molecule has 1 aromatic rings. The van der Waals surface area contributed by atoms with Gasteiger partial charge in [0, 0.05) is 6.54 Å². The van der Waals surface area contributed by atoms with Gasteiger partial charge in [0.05, 0.1) is 24.9 Å². The van der Waals surface area contributed by atoms with Crippen molar-refractivity contribution in [3.8, 4) is 0 Å². The van der Waals surface area contributed by atoms with Gasteiger partial charge in [0.1, 0.15) is 11.5 Å². The lowest BCUT2D eigenvalue weighted by molar-refractivity contribution is -0.0569. The zero-order valence-electron chi connectivity index (χ0n) is 13.5. The first-order valence-corrected chi connectivity index (χ1v) is 7.40. The Morgan fingerprint density at radius 3 is 2.55 bits per heavy atom. The number of hydrogen-bond donors (Lipinski definition) is 1. The average molecular weight is 283 g/mol. The van der Waals surface area contributed by atoms with E-state index in [4.69, 9.17) is 9.15 Å². The zero-order chi connectivity index (χ0) is 15.2. The third-order valence-corrected chi connectivity index (χ3v) is 2.89. The van der Waals surface area contributed by atoms with Crippen LogP contribution in [-0.4, -0.2) is 41.4 Å². The van der Waals surface area contributed by atoms with E-state index in [1.165, 1.54) is 0 Å². The molecule has 4 nitrogen and oxygen atoms in total. The summed E-state index contributed by atoms with van der Waals surface area (Å²) in [7, 11) is 0. The fourth-order valence-corrected chi connectivity index (χ4v) is 2.04. The van der Waals surface area contributed by atoms with Crippen LogP contribution in [0.5, 0.6) is 0 Å². The van der Waals surface area contributed by atoms with Gasteiger partial charge in [-0.05, 0) is 52.8 Å². The monoisotopic (exact) mass is 283 g/mol. The van der Waals surface area contributed by atoms with Crippen LogP contribution in [0.25, 0.3) is 0 Å². The predicted molar refractivity (Wildman–Crippen MR) is 80.7 cm³/mol. The van der Waals surface area contributed by atoms with Gasteiger partial charge in [-0.25, -0.2) is 0 Å². The third kappa shape index (κ3) is 7.08. The maximum Gasteiger partial charge on any atom is 0.118 e. The smallest absolute Gasteiger partial charge is 0.118 e. The summed E-state index contributed by atoms with van der Waals surface area (Å²) in [6, 6.07) is 3.97. The molecular weight excluding hydrogens is 254 g/mol. The number of furan rings is 1. The van der Waals surface area contributed by atoms with E-state index in [1.807, 2.05) is 39.8 Å². The van der Waals surface area contributed by atoms with E-state index in [9.17, 15) is 5.11 Å². The first-order chi connectivity index (χ1) is 9.30. The maximum absolute atomic E-state index is 10.1. The van der Waals surface area contributed by atoms with Crippen LogP contribution in [0.15, 0.2) is 16.5 Å². The van der Waals surface area contributed by atoms with E-state index in [0.29, 0.717) is 13.2 Å². The summed E-state index contributed by atoms with van der Waals surface area (Å²) in [6.45, 7) is 12.7. The zero-order valence-corrected chi connectivity index (χ0v) is 13.5. The summed E-state index contributed by atoms with van der Waals surface area (Å²) >= 11 is 0. The Bertz CT molecular complexity index is 381. The molecule has 0 saturated heterocycles. The summed E-state index contributed by atoms with van der Waals surface area (Å²) in [6.07, 6.45) is 0.573. The van der Waals surface area contributed by atoms with Gasteiger partial charge in [-0.15, -0.1) is 0 Å². The molecular formula is C16H29NO3. The Hall–Kier alpha value is -0.840. The second kappa shape index (κ2) is 7.81. The van der Waals surface area contributed by atoms with Crippen molar-refractivity contribution in [1.29, 1.82) is 0 Å². The normalized spacial score (nSPS) is 13.9. The lowest BCUT2D eigenvalue weighted by Crippen LogP contribution is -2.37. The van der Waals surface area contributed by atoms with Crippen LogP contribution in [0.4, 0.5) is 0 Å². The molecule has 0 amide bonds. The minimum absolute atomic E-state index is 0.214. The summed E-state index contributed by atoms with van der Waals surface area (Å²) in [5.74, 6) is 1.87. The third-order valence-electron chi connectivity index (χ3n) is 2.89. The maximum atomic E-state index is 10.1. The molecule has 20 heavy (non-hydrogen) atoms. The first kappa shape index (κ1) is 17.2. The van der Waals surface area contributed by atoms with E-state index in [2.05, 4.69) is 11.8 Å². The standard InChI is InChI=1S/C16H29NO3/c1-6-9-17(11-15-8-7-13(2)20-15)10-14(18)12-19-16(3,4)5/h7-8,14,18H,6,9-12H2,1-5H3. The average Bonchev–Trinajstić information content (AvgIpc) is 2.71. The molecule has 1 atom stereocenters. The van der Waals surface area contributed by atoms with Gasteiger partial charge in [-0.2, -0.15) is 0 Å². The van der Waals surface area contributed by atoms with Crippen LogP contribution in [-0.2, 0) is 11.3 Å². The van der Waals surface area contributed by atoms with Crippen LogP contribution < -0.4 is 0 Å². The van der Waals surface area contributed by atoms with Gasteiger partial charge < -0.3 is 14.3 Å². The SMILES string of the molecule is CCCN(Cc1ccc(C)o1)CC(O)COC(C)(C)C. The molecule has 0 fully saturated rings. The number of aliphatic hydroxyl groups excluding tert-OH is 1. The Kier molecular flexibility index (Phi) is 6.72. The van der Waals surface area contributed by atoms with Crippen LogP contribution in [0.1, 0.15) is 45.6 Å². The van der Waals surface area contributed by atoms with Crippen LogP contribution in [0, 0.1) is 6.92 Å². The second-order valence-corrected chi connectivity index (χ2v) is 6.32. The fraction of sp³-hybridized carbons (Fsp3) is 0.750. The summed E-state index contributed by atoms with van der Waals surface area (Å²) in [5, 5.41) is 10.1. The fourth-order valence-electron chi connectivity index (χ4n) is 2.04. The van der Waals surface area contributed by atoms with Crippen molar-refractivity contribution in [3.63, 3.8) is 0 Å². The second-order valence-electron chi connectivity index (χ2n) is 6.32. The number of aliphatic hydroxyl groups is 1. The van der Waals surface area contributed by atoms with Crippen molar-refractivity contribution in [2.24, 2.45) is 0 Å². The van der Waals surface area contributed by atoms with Gasteiger partial charge in [0.2, 0.25) is 0 Å². The van der Waals surface area contributed by atoms with Gasteiger partial charge in [0.25, 0.3) is 0 Å². The number of hydrogen-bond acceptors (Lipinski definition) is 4. The Labute approximate surface area is 122 Å². The lowest BCUT2D eigenvalue weighted by Gasteiger charge is -2.26. The highest BCUT2D eigenvalue weighted by molar-refractivity contribution is 5.05. The highest BCUT2D eigenvalue weighted by Crippen LogP contribution is 2.12. The lowest BCUT2D eigenvalue weighted by atomic mass is 10.2.